The van der Waals surface area contributed by atoms with E-state index in [1.807, 2.05) is 0 Å². The molecular weight excluding hydrogens is 356 g/mol. The van der Waals surface area contributed by atoms with Crippen LogP contribution in [-0.4, -0.2) is 39.5 Å². The van der Waals surface area contributed by atoms with Crippen LogP contribution in [0.1, 0.15) is 26.3 Å². The number of hydrogen-bond donors (Lipinski definition) is 1. The lowest BCUT2D eigenvalue weighted by molar-refractivity contribution is 0.0920. The Labute approximate surface area is 151 Å². The number of fused-ring (bicyclic) bond motifs is 1. The lowest BCUT2D eigenvalue weighted by atomic mass is 10.1. The minimum Gasteiger partial charge on any atom is -0.485 e. The molecule has 1 aliphatic rings. The van der Waals surface area contributed by atoms with Crippen molar-refractivity contribution in [1.29, 1.82) is 0 Å². The van der Waals surface area contributed by atoms with Gasteiger partial charge in [0.2, 0.25) is 15.9 Å². The van der Waals surface area contributed by atoms with Gasteiger partial charge in [0.05, 0.1) is 11.9 Å². The van der Waals surface area contributed by atoms with Crippen LogP contribution < -0.4 is 14.8 Å². The summed E-state index contributed by atoms with van der Waals surface area (Å²) in [7, 11) is -3.31. The molecule has 0 unspecified atom stereocenters. The highest BCUT2D eigenvalue weighted by molar-refractivity contribution is 7.92. The van der Waals surface area contributed by atoms with Crippen molar-refractivity contribution in [1.82, 2.24) is 0 Å². The number of rotatable bonds is 6. The molecule has 2 aromatic carbocycles. The average Bonchev–Trinajstić information content (AvgIpc) is 3.03. The van der Waals surface area contributed by atoms with Crippen molar-refractivity contribution in [2.75, 3.05) is 23.7 Å². The Bertz CT molecular complexity index is 968. The highest BCUT2D eigenvalue weighted by atomic mass is 32.2. The number of hydrogen-bond acceptors (Lipinski definition) is 5. The standard InChI is InChI=1S/C18H18N2O5S/c1-26(23,24)20-9-8-13-10-14(4-7-16(13)20)17(21)11-25-15-5-2-12(3-6-15)18(19)22/h2-7,10H,8-9,11H2,1H3,(H2,19,22). The summed E-state index contributed by atoms with van der Waals surface area (Å²) in [6.45, 7) is 0.221. The molecule has 0 aliphatic carbocycles. The summed E-state index contributed by atoms with van der Waals surface area (Å²) in [4.78, 5) is 23.4. The van der Waals surface area contributed by atoms with Gasteiger partial charge in [0, 0.05) is 17.7 Å². The number of carbonyl (C=O) groups excluding carboxylic acids is 2. The predicted molar refractivity (Wildman–Crippen MR) is 97.1 cm³/mol. The van der Waals surface area contributed by atoms with E-state index in [9.17, 15) is 18.0 Å². The van der Waals surface area contributed by atoms with Crippen molar-refractivity contribution in [3.05, 3.63) is 59.2 Å². The van der Waals surface area contributed by atoms with Crippen molar-refractivity contribution in [3.63, 3.8) is 0 Å². The summed E-state index contributed by atoms with van der Waals surface area (Å²) >= 11 is 0. The monoisotopic (exact) mass is 374 g/mol. The van der Waals surface area contributed by atoms with Crippen molar-refractivity contribution < 1.29 is 22.7 Å². The van der Waals surface area contributed by atoms with E-state index in [0.717, 1.165) is 5.56 Å². The first-order valence-electron chi connectivity index (χ1n) is 7.92. The van der Waals surface area contributed by atoms with Crippen LogP contribution in [-0.2, 0) is 16.4 Å². The van der Waals surface area contributed by atoms with Crippen LogP contribution in [0, 0.1) is 0 Å². The van der Waals surface area contributed by atoms with Gasteiger partial charge >= 0.3 is 0 Å². The Morgan fingerprint density at radius 3 is 2.38 bits per heavy atom. The van der Waals surface area contributed by atoms with Gasteiger partial charge in [-0.05, 0) is 54.4 Å². The second-order valence-corrected chi connectivity index (χ2v) is 7.94. The zero-order chi connectivity index (χ0) is 18.9. The first kappa shape index (κ1) is 17.9. The van der Waals surface area contributed by atoms with Crippen LogP contribution in [0.2, 0.25) is 0 Å². The van der Waals surface area contributed by atoms with Gasteiger partial charge in [0.25, 0.3) is 0 Å². The highest BCUT2D eigenvalue weighted by Gasteiger charge is 2.26. The van der Waals surface area contributed by atoms with Gasteiger partial charge < -0.3 is 10.5 Å². The van der Waals surface area contributed by atoms with Crippen LogP contribution >= 0.6 is 0 Å². The van der Waals surface area contributed by atoms with E-state index < -0.39 is 15.9 Å². The van der Waals surface area contributed by atoms with Crippen LogP contribution in [0.4, 0.5) is 5.69 Å². The van der Waals surface area contributed by atoms with Gasteiger partial charge in [-0.25, -0.2) is 8.42 Å². The van der Waals surface area contributed by atoms with E-state index in [2.05, 4.69) is 0 Å². The number of carbonyl (C=O) groups is 2. The fourth-order valence-corrected chi connectivity index (χ4v) is 3.80. The summed E-state index contributed by atoms with van der Waals surface area (Å²) in [6, 6.07) is 11.2. The third-order valence-electron chi connectivity index (χ3n) is 4.16. The minimum absolute atomic E-state index is 0.162. The van der Waals surface area contributed by atoms with Crippen LogP contribution in [0.15, 0.2) is 42.5 Å². The predicted octanol–water partition coefficient (Wildman–Crippen LogP) is 1.37. The quantitative estimate of drug-likeness (QED) is 0.769. The van der Waals surface area contributed by atoms with Crippen molar-refractivity contribution in [3.8, 4) is 5.75 Å². The van der Waals surface area contributed by atoms with Gasteiger partial charge in [-0.2, -0.15) is 0 Å². The van der Waals surface area contributed by atoms with Gasteiger partial charge in [-0.1, -0.05) is 0 Å². The molecule has 26 heavy (non-hydrogen) atoms. The summed E-state index contributed by atoms with van der Waals surface area (Å²) in [6.07, 6.45) is 1.73. The fourth-order valence-electron chi connectivity index (χ4n) is 2.84. The topological polar surface area (TPSA) is 107 Å². The number of sulfonamides is 1. The number of nitrogens with two attached hydrogens (primary N) is 1. The Balaban J connectivity index is 1.68. The van der Waals surface area contributed by atoms with Crippen molar-refractivity contribution in [2.45, 2.75) is 6.42 Å². The summed E-state index contributed by atoms with van der Waals surface area (Å²) in [5.74, 6) is -0.300. The molecule has 0 fully saturated rings. The van der Waals surface area contributed by atoms with E-state index in [-0.39, 0.29) is 12.4 Å². The maximum Gasteiger partial charge on any atom is 0.248 e. The molecule has 2 N–H and O–H groups in total. The number of ketones is 1. The van der Waals surface area contributed by atoms with Crippen LogP contribution in [0.5, 0.6) is 5.75 Å². The Kier molecular flexibility index (Phi) is 4.69. The molecule has 2 aromatic rings. The molecule has 1 amide bonds. The normalized spacial score (nSPS) is 13.3. The van der Waals surface area contributed by atoms with Gasteiger partial charge in [-0.3, -0.25) is 13.9 Å². The fraction of sp³-hybridized carbons (Fsp3) is 0.222. The van der Waals surface area contributed by atoms with Crippen molar-refractivity contribution >= 4 is 27.4 Å². The molecule has 0 bridgehead atoms. The second-order valence-electron chi connectivity index (χ2n) is 6.03. The zero-order valence-corrected chi connectivity index (χ0v) is 15.0. The van der Waals surface area contributed by atoms with E-state index in [1.54, 1.807) is 30.3 Å². The third kappa shape index (κ3) is 3.70. The van der Waals surface area contributed by atoms with Gasteiger partial charge in [0.15, 0.2) is 12.4 Å². The largest absolute Gasteiger partial charge is 0.485 e. The smallest absolute Gasteiger partial charge is 0.248 e. The molecule has 0 spiro atoms. The first-order chi connectivity index (χ1) is 12.3. The van der Waals surface area contributed by atoms with E-state index in [0.29, 0.717) is 35.5 Å². The average molecular weight is 374 g/mol. The number of amides is 1. The molecule has 0 radical (unpaired) electrons. The maximum absolute atomic E-state index is 12.3. The molecule has 8 heteroatoms. The Hall–Kier alpha value is -2.87. The minimum atomic E-state index is -3.31. The number of Topliss-reactive ketones (excluding diaryl/α,β-unsaturated/α-hetero) is 1. The number of benzene rings is 2. The maximum atomic E-state index is 12.3. The second kappa shape index (κ2) is 6.80. The van der Waals surface area contributed by atoms with E-state index in [4.69, 9.17) is 10.5 Å². The molecule has 7 nitrogen and oxygen atoms in total. The lowest BCUT2D eigenvalue weighted by Crippen LogP contribution is -2.27. The number of anilines is 1. The number of ether oxygens (including phenoxy) is 1. The molecule has 1 aliphatic heterocycles. The van der Waals surface area contributed by atoms with Crippen LogP contribution in [0.3, 0.4) is 0 Å². The van der Waals surface area contributed by atoms with Gasteiger partial charge in [-0.15, -0.1) is 0 Å². The highest BCUT2D eigenvalue weighted by Crippen LogP contribution is 2.30. The number of nitrogens with zero attached hydrogens (tertiary/aromatic N) is 1. The Morgan fingerprint density at radius 1 is 1.12 bits per heavy atom. The SMILES string of the molecule is CS(=O)(=O)N1CCc2cc(C(=O)COc3ccc(C(N)=O)cc3)ccc21. The first-order valence-corrected chi connectivity index (χ1v) is 9.77. The van der Waals surface area contributed by atoms with Gasteiger partial charge in [0.1, 0.15) is 5.75 Å². The zero-order valence-electron chi connectivity index (χ0n) is 14.1. The molecule has 3 rings (SSSR count). The van der Waals surface area contributed by atoms with Crippen molar-refractivity contribution in [2.24, 2.45) is 5.73 Å². The summed E-state index contributed by atoms with van der Waals surface area (Å²) in [5.41, 5.74) is 7.44. The number of primary amides is 1. The van der Waals surface area contributed by atoms with E-state index >= 15 is 0 Å². The summed E-state index contributed by atoms with van der Waals surface area (Å²) < 4.78 is 30.3. The molecule has 0 aromatic heterocycles. The lowest BCUT2D eigenvalue weighted by Gasteiger charge is -2.16. The molecule has 0 saturated carbocycles. The van der Waals surface area contributed by atoms with Crippen LogP contribution in [0.25, 0.3) is 0 Å². The third-order valence-corrected chi connectivity index (χ3v) is 5.34. The molecular formula is C18H18N2O5S. The molecule has 1 heterocycles. The molecule has 136 valence electrons. The Morgan fingerprint density at radius 2 is 1.77 bits per heavy atom. The van der Waals surface area contributed by atoms with E-state index in [1.165, 1.54) is 22.7 Å². The molecule has 0 saturated heterocycles. The summed E-state index contributed by atoms with van der Waals surface area (Å²) in [5, 5.41) is 0. The molecule has 0 atom stereocenters.